The van der Waals surface area contributed by atoms with Crippen molar-refractivity contribution in [1.29, 1.82) is 0 Å². The summed E-state index contributed by atoms with van der Waals surface area (Å²) < 4.78 is 62.0. The number of benzene rings is 2. The van der Waals surface area contributed by atoms with Gasteiger partial charge in [-0.05, 0) is 36.4 Å². The van der Waals surface area contributed by atoms with E-state index in [4.69, 9.17) is 22.2 Å². The molecule has 1 heterocycles. The minimum absolute atomic E-state index is 0.0742. The van der Waals surface area contributed by atoms with Crippen molar-refractivity contribution in [2.24, 2.45) is 5.90 Å². The van der Waals surface area contributed by atoms with Crippen molar-refractivity contribution in [2.45, 2.75) is 10.9 Å². The van der Waals surface area contributed by atoms with Crippen molar-refractivity contribution < 1.29 is 36.4 Å². The fourth-order valence-corrected chi connectivity index (χ4v) is 5.11. The summed E-state index contributed by atoms with van der Waals surface area (Å²) in [5, 5.41) is 0.386. The molecule has 0 bridgehead atoms. The van der Waals surface area contributed by atoms with E-state index in [1.54, 1.807) is 19.0 Å². The summed E-state index contributed by atoms with van der Waals surface area (Å²) in [7, 11) is -1.47. The van der Waals surface area contributed by atoms with Gasteiger partial charge in [-0.15, -0.1) is 0 Å². The molecular weight excluding hydrogens is 510 g/mol. The summed E-state index contributed by atoms with van der Waals surface area (Å²) in [5.74, 6) is 0.365. The standard InChI is InChI=1S/C21H23ClF2N4O6S/c1-26(2)19(29)12-27-7-8-28(18(11-27)21(30)34-25)35(31,32)15-9-16(23)20(17(24)10-15)33-14-5-3-13(22)4-6-14/h3-6,9-10,18H,7-8,11-12,25H2,1-2H3/t18-/m1/s1. The van der Waals surface area contributed by atoms with E-state index in [9.17, 15) is 26.8 Å². The Morgan fingerprint density at radius 1 is 1.14 bits per heavy atom. The maximum absolute atomic E-state index is 14.7. The van der Waals surface area contributed by atoms with Crippen molar-refractivity contribution in [3.05, 3.63) is 53.1 Å². The Balaban J connectivity index is 1.88. The van der Waals surface area contributed by atoms with Crippen LogP contribution in [0.4, 0.5) is 8.78 Å². The van der Waals surface area contributed by atoms with Gasteiger partial charge >= 0.3 is 5.97 Å². The lowest BCUT2D eigenvalue weighted by Gasteiger charge is -2.38. The molecule has 1 fully saturated rings. The van der Waals surface area contributed by atoms with Gasteiger partial charge in [-0.25, -0.2) is 22.0 Å². The SMILES string of the molecule is CN(C)C(=O)CN1CCN(S(=O)(=O)c2cc(F)c(Oc3ccc(Cl)cc3)c(F)c2)[C@@H](C(=O)ON)C1. The van der Waals surface area contributed by atoms with Crippen LogP contribution < -0.4 is 10.6 Å². The molecule has 190 valence electrons. The van der Waals surface area contributed by atoms with Crippen molar-refractivity contribution >= 4 is 33.5 Å². The second kappa shape index (κ2) is 10.8. The number of halogens is 3. The van der Waals surface area contributed by atoms with Gasteiger partial charge in [0.2, 0.25) is 15.9 Å². The second-order valence-electron chi connectivity index (χ2n) is 7.86. The minimum Gasteiger partial charge on any atom is -0.451 e. The zero-order valence-electron chi connectivity index (χ0n) is 18.8. The zero-order valence-corrected chi connectivity index (χ0v) is 20.4. The van der Waals surface area contributed by atoms with E-state index in [2.05, 4.69) is 4.84 Å². The third kappa shape index (κ3) is 6.05. The molecule has 2 aromatic rings. The summed E-state index contributed by atoms with van der Waals surface area (Å²) in [6.45, 7) is -0.461. The molecule has 3 rings (SSSR count). The van der Waals surface area contributed by atoms with E-state index < -0.39 is 44.3 Å². The number of amides is 1. The molecule has 0 radical (unpaired) electrons. The van der Waals surface area contributed by atoms with Gasteiger partial charge in [0.15, 0.2) is 17.4 Å². The first-order valence-corrected chi connectivity index (χ1v) is 12.0. The Labute approximate surface area is 205 Å². The van der Waals surface area contributed by atoms with E-state index in [1.807, 2.05) is 0 Å². The molecule has 2 N–H and O–H groups in total. The Hall–Kier alpha value is -2.84. The summed E-state index contributed by atoms with van der Waals surface area (Å²) in [6.07, 6.45) is 0. The molecule has 2 aromatic carbocycles. The van der Waals surface area contributed by atoms with Crippen LogP contribution in [-0.4, -0.2) is 80.7 Å². The van der Waals surface area contributed by atoms with Crippen LogP contribution in [0.15, 0.2) is 41.3 Å². The monoisotopic (exact) mass is 532 g/mol. The summed E-state index contributed by atoms with van der Waals surface area (Å²) in [6, 6.07) is 5.42. The first-order chi connectivity index (χ1) is 16.4. The first-order valence-electron chi connectivity index (χ1n) is 10.2. The minimum atomic E-state index is -4.57. The summed E-state index contributed by atoms with van der Waals surface area (Å²) >= 11 is 5.78. The number of carbonyl (C=O) groups is 2. The van der Waals surface area contributed by atoms with Gasteiger partial charge in [-0.1, -0.05) is 11.6 Å². The van der Waals surface area contributed by atoms with Gasteiger partial charge < -0.3 is 14.5 Å². The maximum Gasteiger partial charge on any atom is 0.344 e. The highest BCUT2D eigenvalue weighted by Gasteiger charge is 2.42. The van der Waals surface area contributed by atoms with Crippen LogP contribution in [0.2, 0.25) is 5.02 Å². The van der Waals surface area contributed by atoms with Crippen molar-refractivity contribution in [1.82, 2.24) is 14.1 Å². The Morgan fingerprint density at radius 2 is 1.74 bits per heavy atom. The fourth-order valence-electron chi connectivity index (χ4n) is 3.40. The van der Waals surface area contributed by atoms with Crippen LogP contribution in [0.3, 0.4) is 0 Å². The number of carbonyl (C=O) groups excluding carboxylic acids is 2. The average molecular weight is 533 g/mol. The Kier molecular flexibility index (Phi) is 8.28. The predicted molar refractivity (Wildman–Crippen MR) is 121 cm³/mol. The molecule has 0 unspecified atom stereocenters. The molecule has 10 nitrogen and oxygen atoms in total. The highest BCUT2D eigenvalue weighted by molar-refractivity contribution is 7.89. The zero-order chi connectivity index (χ0) is 25.9. The smallest absolute Gasteiger partial charge is 0.344 e. The molecule has 1 aliphatic heterocycles. The normalized spacial score (nSPS) is 17.1. The third-order valence-corrected chi connectivity index (χ3v) is 7.41. The Bertz CT molecular complexity index is 1190. The molecule has 0 spiro atoms. The van der Waals surface area contributed by atoms with Crippen molar-refractivity contribution in [3.63, 3.8) is 0 Å². The highest BCUT2D eigenvalue weighted by Crippen LogP contribution is 2.32. The first kappa shape index (κ1) is 26.8. The number of ether oxygens (including phenoxy) is 1. The lowest BCUT2D eigenvalue weighted by atomic mass is 10.2. The number of rotatable bonds is 7. The van der Waals surface area contributed by atoms with Crippen LogP contribution in [0.5, 0.6) is 11.5 Å². The van der Waals surface area contributed by atoms with Crippen LogP contribution in [0, 0.1) is 11.6 Å². The molecule has 35 heavy (non-hydrogen) atoms. The number of nitrogens with two attached hydrogens (primary N) is 1. The summed E-state index contributed by atoms with van der Waals surface area (Å²) in [5.41, 5.74) is 0. The Morgan fingerprint density at radius 3 is 2.29 bits per heavy atom. The molecule has 0 saturated carbocycles. The number of likely N-dealkylation sites (N-methyl/N-ethyl adjacent to an activating group) is 1. The molecule has 1 saturated heterocycles. The van der Waals surface area contributed by atoms with Gasteiger partial charge in [0, 0.05) is 38.8 Å². The van der Waals surface area contributed by atoms with Crippen LogP contribution >= 0.6 is 11.6 Å². The van der Waals surface area contributed by atoms with Gasteiger partial charge in [-0.2, -0.15) is 10.2 Å². The second-order valence-corrected chi connectivity index (χ2v) is 10.2. The molecular formula is C21H23ClF2N4O6S. The molecule has 0 aliphatic carbocycles. The summed E-state index contributed by atoms with van der Waals surface area (Å²) in [4.78, 5) is 30.7. The predicted octanol–water partition coefficient (Wildman–Crippen LogP) is 1.59. The van der Waals surface area contributed by atoms with E-state index in [0.29, 0.717) is 17.2 Å². The maximum atomic E-state index is 14.7. The number of nitrogens with zero attached hydrogens (tertiary/aromatic N) is 3. The molecule has 1 atom stereocenters. The van der Waals surface area contributed by atoms with Crippen LogP contribution in [0.1, 0.15) is 0 Å². The lowest BCUT2D eigenvalue weighted by Crippen LogP contribution is -2.59. The van der Waals surface area contributed by atoms with E-state index in [0.717, 1.165) is 4.31 Å². The molecule has 0 aromatic heterocycles. The molecule has 14 heteroatoms. The van der Waals surface area contributed by atoms with E-state index in [-0.39, 0.29) is 37.8 Å². The van der Waals surface area contributed by atoms with Crippen LogP contribution in [-0.2, 0) is 24.4 Å². The molecule has 1 aliphatic rings. The van der Waals surface area contributed by atoms with Gasteiger partial charge in [-0.3, -0.25) is 9.69 Å². The third-order valence-electron chi connectivity index (χ3n) is 5.27. The average Bonchev–Trinajstić information content (AvgIpc) is 2.81. The largest absolute Gasteiger partial charge is 0.451 e. The topological polar surface area (TPSA) is 122 Å². The highest BCUT2D eigenvalue weighted by atomic mass is 35.5. The quantitative estimate of drug-likeness (QED) is 0.533. The number of piperazine rings is 1. The molecule has 1 amide bonds. The van der Waals surface area contributed by atoms with Crippen molar-refractivity contribution in [2.75, 3.05) is 40.3 Å². The van der Waals surface area contributed by atoms with Crippen molar-refractivity contribution in [3.8, 4) is 11.5 Å². The van der Waals surface area contributed by atoms with E-state index in [1.165, 1.54) is 29.2 Å². The van der Waals surface area contributed by atoms with Gasteiger partial charge in [0.1, 0.15) is 11.8 Å². The fraction of sp³-hybridized carbons (Fsp3) is 0.333. The van der Waals surface area contributed by atoms with E-state index >= 15 is 0 Å². The number of sulfonamides is 1. The number of hydrogen-bond acceptors (Lipinski definition) is 8. The van der Waals surface area contributed by atoms with Gasteiger partial charge in [0.25, 0.3) is 0 Å². The number of hydrogen-bond donors (Lipinski definition) is 1. The van der Waals surface area contributed by atoms with Gasteiger partial charge in [0.05, 0.1) is 11.4 Å². The lowest BCUT2D eigenvalue weighted by molar-refractivity contribution is -0.151. The van der Waals surface area contributed by atoms with Crippen LogP contribution in [0.25, 0.3) is 0 Å².